The number of ether oxygens (including phenoxy) is 1. The fourth-order valence-corrected chi connectivity index (χ4v) is 5.18. The van der Waals surface area contributed by atoms with Gasteiger partial charge in [-0.25, -0.2) is 9.59 Å². The van der Waals surface area contributed by atoms with Crippen LogP contribution in [0.5, 0.6) is 0 Å². The molecule has 0 aliphatic heterocycles. The lowest BCUT2D eigenvalue weighted by Crippen LogP contribution is -2.60. The van der Waals surface area contributed by atoms with Crippen molar-refractivity contribution in [3.8, 4) is 11.1 Å². The third-order valence-corrected chi connectivity index (χ3v) is 7.34. The minimum absolute atomic E-state index is 0.0756. The zero-order valence-electron chi connectivity index (χ0n) is 19.7. The van der Waals surface area contributed by atoms with Crippen molar-refractivity contribution in [1.29, 1.82) is 0 Å². The second kappa shape index (κ2) is 9.87. The molecule has 0 spiro atoms. The molecule has 2 amide bonds. The standard InChI is InChI=1S/C27H32N2O5/c1-3-17(2)23(24(30)31)28-25(32)27(14-8-9-15-27)29-26(33)34-16-22-20-12-6-4-10-18(20)19-11-5-7-13-21(19)22/h4-7,10-13,17,22-23H,3,8-9,14-16H2,1-2H3,(H,28,32)(H,29,33)(H,30,31)/t17-,23-/m0/s1. The van der Waals surface area contributed by atoms with Crippen LogP contribution in [0.2, 0.25) is 0 Å². The van der Waals surface area contributed by atoms with Crippen molar-refractivity contribution in [2.45, 2.75) is 63.5 Å². The van der Waals surface area contributed by atoms with Crippen LogP contribution >= 0.6 is 0 Å². The number of benzene rings is 2. The number of fused-ring (bicyclic) bond motifs is 3. The zero-order chi connectivity index (χ0) is 24.3. The third kappa shape index (κ3) is 4.52. The van der Waals surface area contributed by atoms with Gasteiger partial charge < -0.3 is 20.5 Å². The molecule has 0 radical (unpaired) electrons. The number of carbonyl (C=O) groups is 3. The number of carbonyl (C=O) groups excluding carboxylic acids is 2. The number of amides is 2. The molecule has 2 aliphatic rings. The molecule has 1 fully saturated rings. The molecule has 180 valence electrons. The summed E-state index contributed by atoms with van der Waals surface area (Å²) in [7, 11) is 0. The summed E-state index contributed by atoms with van der Waals surface area (Å²) in [6.07, 6.45) is 2.42. The molecule has 0 aromatic heterocycles. The molecule has 1 saturated carbocycles. The lowest BCUT2D eigenvalue weighted by atomic mass is 9.93. The normalized spacial score (nSPS) is 17.8. The fraction of sp³-hybridized carbons (Fsp3) is 0.444. The number of carboxylic acids is 1. The Morgan fingerprint density at radius 2 is 1.59 bits per heavy atom. The lowest BCUT2D eigenvalue weighted by Gasteiger charge is -2.31. The van der Waals surface area contributed by atoms with Crippen LogP contribution in [0.15, 0.2) is 48.5 Å². The van der Waals surface area contributed by atoms with E-state index in [1.54, 1.807) is 6.92 Å². The number of alkyl carbamates (subject to hydrolysis) is 1. The van der Waals surface area contributed by atoms with Gasteiger partial charge in [0.05, 0.1) is 0 Å². The molecule has 0 bridgehead atoms. The van der Waals surface area contributed by atoms with E-state index >= 15 is 0 Å². The maximum atomic E-state index is 13.2. The van der Waals surface area contributed by atoms with E-state index in [1.165, 1.54) is 0 Å². The Bertz CT molecular complexity index is 1030. The summed E-state index contributed by atoms with van der Waals surface area (Å²) in [6.45, 7) is 3.83. The maximum absolute atomic E-state index is 13.2. The lowest BCUT2D eigenvalue weighted by molar-refractivity contribution is -0.144. The van der Waals surface area contributed by atoms with Crippen molar-refractivity contribution >= 4 is 18.0 Å². The van der Waals surface area contributed by atoms with Gasteiger partial charge in [0.1, 0.15) is 18.2 Å². The molecule has 4 rings (SSSR count). The van der Waals surface area contributed by atoms with Crippen molar-refractivity contribution in [1.82, 2.24) is 10.6 Å². The van der Waals surface area contributed by atoms with E-state index < -0.39 is 29.6 Å². The summed E-state index contributed by atoms with van der Waals surface area (Å²) >= 11 is 0. The number of carboxylic acid groups (broad SMARTS) is 1. The molecule has 34 heavy (non-hydrogen) atoms. The van der Waals surface area contributed by atoms with Gasteiger partial charge in [0.25, 0.3) is 0 Å². The Morgan fingerprint density at radius 3 is 2.12 bits per heavy atom. The van der Waals surface area contributed by atoms with Crippen LogP contribution in [0.1, 0.15) is 63.0 Å². The summed E-state index contributed by atoms with van der Waals surface area (Å²) in [5, 5.41) is 15.0. The highest BCUT2D eigenvalue weighted by molar-refractivity contribution is 5.93. The van der Waals surface area contributed by atoms with Crippen LogP contribution in [-0.2, 0) is 14.3 Å². The Morgan fingerprint density at radius 1 is 1.03 bits per heavy atom. The van der Waals surface area contributed by atoms with Gasteiger partial charge in [-0.15, -0.1) is 0 Å². The highest BCUT2D eigenvalue weighted by Gasteiger charge is 2.45. The minimum atomic E-state index is -1.15. The Balaban J connectivity index is 1.45. The molecule has 0 saturated heterocycles. The van der Waals surface area contributed by atoms with E-state index in [0.717, 1.165) is 35.1 Å². The minimum Gasteiger partial charge on any atom is -0.480 e. The van der Waals surface area contributed by atoms with Gasteiger partial charge in [-0.05, 0) is 41.0 Å². The molecule has 3 N–H and O–H groups in total. The summed E-state index contributed by atoms with van der Waals surface area (Å²) < 4.78 is 5.65. The average Bonchev–Trinajstić information content (AvgIpc) is 3.44. The largest absolute Gasteiger partial charge is 0.480 e. The Hall–Kier alpha value is -3.35. The molecular formula is C27H32N2O5. The number of nitrogens with one attached hydrogen (secondary N) is 2. The molecule has 7 heteroatoms. The van der Waals surface area contributed by atoms with Gasteiger partial charge in [-0.1, -0.05) is 81.6 Å². The summed E-state index contributed by atoms with van der Waals surface area (Å²) in [5.41, 5.74) is 3.36. The Kier molecular flexibility index (Phi) is 6.91. The SMILES string of the molecule is CC[C@H](C)[C@H](NC(=O)C1(NC(=O)OCC2c3ccccc3-c3ccccc32)CCCC1)C(=O)O. The molecule has 7 nitrogen and oxygen atoms in total. The zero-order valence-corrected chi connectivity index (χ0v) is 19.7. The molecule has 2 atom stereocenters. The smallest absolute Gasteiger partial charge is 0.408 e. The van der Waals surface area contributed by atoms with Crippen molar-refractivity contribution in [2.75, 3.05) is 6.61 Å². The van der Waals surface area contributed by atoms with E-state index in [0.29, 0.717) is 19.3 Å². The topological polar surface area (TPSA) is 105 Å². The van der Waals surface area contributed by atoms with Crippen LogP contribution in [0.25, 0.3) is 11.1 Å². The first kappa shape index (κ1) is 23.8. The van der Waals surface area contributed by atoms with Gasteiger partial charge in [0, 0.05) is 5.92 Å². The maximum Gasteiger partial charge on any atom is 0.408 e. The summed E-state index contributed by atoms with van der Waals surface area (Å²) in [5.74, 6) is -1.83. The van der Waals surface area contributed by atoms with Gasteiger partial charge in [0.15, 0.2) is 0 Å². The predicted molar refractivity (Wildman–Crippen MR) is 128 cm³/mol. The highest BCUT2D eigenvalue weighted by Crippen LogP contribution is 2.44. The van der Waals surface area contributed by atoms with Gasteiger partial charge >= 0.3 is 12.1 Å². The van der Waals surface area contributed by atoms with Crippen molar-refractivity contribution in [3.63, 3.8) is 0 Å². The first-order valence-corrected chi connectivity index (χ1v) is 12.0. The molecule has 0 heterocycles. The predicted octanol–water partition coefficient (Wildman–Crippen LogP) is 4.45. The van der Waals surface area contributed by atoms with Gasteiger partial charge in [-0.2, -0.15) is 0 Å². The number of rotatable bonds is 8. The first-order chi connectivity index (χ1) is 16.4. The highest BCUT2D eigenvalue weighted by atomic mass is 16.5. The van der Waals surface area contributed by atoms with E-state index in [9.17, 15) is 19.5 Å². The quantitative estimate of drug-likeness (QED) is 0.535. The van der Waals surface area contributed by atoms with E-state index in [2.05, 4.69) is 22.8 Å². The summed E-state index contributed by atoms with van der Waals surface area (Å²) in [6, 6.07) is 15.2. The second-order valence-corrected chi connectivity index (χ2v) is 9.41. The van der Waals surface area contributed by atoms with Crippen LogP contribution in [0.4, 0.5) is 4.79 Å². The molecule has 0 unspecified atom stereocenters. The molecule has 2 aromatic rings. The van der Waals surface area contributed by atoms with Crippen LogP contribution in [0.3, 0.4) is 0 Å². The molecule has 2 aromatic carbocycles. The third-order valence-electron chi connectivity index (χ3n) is 7.34. The number of hydrogen-bond donors (Lipinski definition) is 3. The monoisotopic (exact) mass is 464 g/mol. The first-order valence-electron chi connectivity index (χ1n) is 12.0. The molecular weight excluding hydrogens is 432 g/mol. The van der Waals surface area contributed by atoms with E-state index in [1.807, 2.05) is 43.3 Å². The van der Waals surface area contributed by atoms with E-state index in [-0.39, 0.29) is 18.4 Å². The van der Waals surface area contributed by atoms with Crippen molar-refractivity contribution < 1.29 is 24.2 Å². The fourth-order valence-electron chi connectivity index (χ4n) is 5.18. The molecule has 2 aliphatic carbocycles. The average molecular weight is 465 g/mol. The van der Waals surface area contributed by atoms with Crippen molar-refractivity contribution in [2.24, 2.45) is 5.92 Å². The Labute approximate surface area is 199 Å². The van der Waals surface area contributed by atoms with Gasteiger partial charge in [-0.3, -0.25) is 4.79 Å². The van der Waals surface area contributed by atoms with Crippen molar-refractivity contribution in [3.05, 3.63) is 59.7 Å². The van der Waals surface area contributed by atoms with Crippen LogP contribution < -0.4 is 10.6 Å². The number of aliphatic carboxylic acids is 1. The summed E-state index contributed by atoms with van der Waals surface area (Å²) in [4.78, 5) is 37.8. The van der Waals surface area contributed by atoms with Gasteiger partial charge in [0.2, 0.25) is 5.91 Å². The van der Waals surface area contributed by atoms with E-state index in [4.69, 9.17) is 4.74 Å². The number of hydrogen-bond acceptors (Lipinski definition) is 4. The second-order valence-electron chi connectivity index (χ2n) is 9.41. The van der Waals surface area contributed by atoms with Crippen LogP contribution in [-0.4, -0.2) is 41.3 Å². The van der Waals surface area contributed by atoms with Crippen LogP contribution in [0, 0.1) is 5.92 Å².